The molecule has 0 fully saturated rings. The Morgan fingerprint density at radius 1 is 1.20 bits per heavy atom. The maximum absolute atomic E-state index is 13.2. The number of hydrogen-bond donors (Lipinski definition) is 1. The van der Waals surface area contributed by atoms with E-state index >= 15 is 0 Å². The van der Waals surface area contributed by atoms with Crippen LogP contribution in [0.25, 0.3) is 0 Å². The van der Waals surface area contributed by atoms with E-state index in [-0.39, 0.29) is 11.2 Å². The standard InChI is InChI=1S/C18H30FN/c1-6-18(7-2,13-20-12-14(3)4)11-16-8-9-17(19)10-15(16)5/h8-10,14,20H,6-7,11-13H2,1-5H3. The first-order valence-electron chi connectivity index (χ1n) is 7.88. The Bertz CT molecular complexity index is 408. The highest BCUT2D eigenvalue weighted by Gasteiger charge is 2.26. The van der Waals surface area contributed by atoms with Gasteiger partial charge in [0, 0.05) is 6.54 Å². The van der Waals surface area contributed by atoms with Crippen LogP contribution in [0, 0.1) is 24.1 Å². The molecule has 0 unspecified atom stereocenters. The minimum atomic E-state index is -0.136. The Kier molecular flexibility index (Phi) is 6.67. The van der Waals surface area contributed by atoms with E-state index in [1.54, 1.807) is 12.1 Å². The molecule has 114 valence electrons. The summed E-state index contributed by atoms with van der Waals surface area (Å²) in [7, 11) is 0. The van der Waals surface area contributed by atoms with Crippen LogP contribution in [0.1, 0.15) is 51.7 Å². The fourth-order valence-electron chi connectivity index (χ4n) is 2.70. The predicted octanol–water partition coefficient (Wildman–Crippen LogP) is 4.73. The molecule has 1 N–H and O–H groups in total. The molecule has 20 heavy (non-hydrogen) atoms. The average molecular weight is 279 g/mol. The molecule has 1 aromatic rings. The van der Waals surface area contributed by atoms with E-state index in [0.717, 1.165) is 37.9 Å². The van der Waals surface area contributed by atoms with Gasteiger partial charge in [0.2, 0.25) is 0 Å². The Hall–Kier alpha value is -0.890. The third-order valence-corrected chi connectivity index (χ3v) is 4.42. The van der Waals surface area contributed by atoms with E-state index in [4.69, 9.17) is 0 Å². The molecular weight excluding hydrogens is 249 g/mol. The summed E-state index contributed by atoms with van der Waals surface area (Å²) in [5, 5.41) is 3.60. The van der Waals surface area contributed by atoms with E-state index in [1.165, 1.54) is 5.56 Å². The number of hydrogen-bond acceptors (Lipinski definition) is 1. The summed E-state index contributed by atoms with van der Waals surface area (Å²) in [4.78, 5) is 0. The van der Waals surface area contributed by atoms with Crippen LogP contribution in [0.5, 0.6) is 0 Å². The minimum absolute atomic E-state index is 0.136. The SMILES string of the molecule is CCC(CC)(CNCC(C)C)Cc1ccc(F)cc1C. The quantitative estimate of drug-likeness (QED) is 0.725. The second-order valence-electron chi connectivity index (χ2n) is 6.48. The number of aryl methyl sites for hydroxylation is 1. The summed E-state index contributed by atoms with van der Waals surface area (Å²) >= 11 is 0. The lowest BCUT2D eigenvalue weighted by molar-refractivity contribution is 0.242. The van der Waals surface area contributed by atoms with E-state index in [2.05, 4.69) is 33.0 Å². The molecule has 0 saturated carbocycles. The zero-order chi connectivity index (χ0) is 15.2. The molecule has 0 aliphatic carbocycles. The van der Waals surface area contributed by atoms with Gasteiger partial charge in [-0.3, -0.25) is 0 Å². The molecule has 0 aromatic heterocycles. The highest BCUT2D eigenvalue weighted by atomic mass is 19.1. The molecule has 0 saturated heterocycles. The molecule has 0 bridgehead atoms. The van der Waals surface area contributed by atoms with Crippen LogP contribution in [0.3, 0.4) is 0 Å². The normalized spacial score (nSPS) is 12.2. The van der Waals surface area contributed by atoms with E-state index in [9.17, 15) is 4.39 Å². The molecule has 0 amide bonds. The van der Waals surface area contributed by atoms with Gasteiger partial charge in [-0.1, -0.05) is 33.8 Å². The van der Waals surface area contributed by atoms with Gasteiger partial charge in [0.05, 0.1) is 0 Å². The van der Waals surface area contributed by atoms with Crippen molar-refractivity contribution in [1.29, 1.82) is 0 Å². The zero-order valence-corrected chi connectivity index (χ0v) is 13.7. The van der Waals surface area contributed by atoms with Gasteiger partial charge in [-0.05, 0) is 67.3 Å². The van der Waals surface area contributed by atoms with Crippen LogP contribution in [0.2, 0.25) is 0 Å². The van der Waals surface area contributed by atoms with Gasteiger partial charge in [0.1, 0.15) is 5.82 Å². The Balaban J connectivity index is 2.79. The zero-order valence-electron chi connectivity index (χ0n) is 13.7. The van der Waals surface area contributed by atoms with Gasteiger partial charge < -0.3 is 5.32 Å². The number of rotatable bonds is 8. The number of halogens is 1. The Morgan fingerprint density at radius 3 is 2.35 bits per heavy atom. The molecule has 1 rings (SSSR count). The van der Waals surface area contributed by atoms with Crippen molar-refractivity contribution in [2.24, 2.45) is 11.3 Å². The summed E-state index contributed by atoms with van der Waals surface area (Å²) < 4.78 is 13.2. The van der Waals surface area contributed by atoms with Crippen molar-refractivity contribution >= 4 is 0 Å². The lowest BCUT2D eigenvalue weighted by atomic mass is 9.76. The Morgan fingerprint density at radius 2 is 1.85 bits per heavy atom. The maximum atomic E-state index is 13.2. The summed E-state index contributed by atoms with van der Waals surface area (Å²) in [6.45, 7) is 13.1. The topological polar surface area (TPSA) is 12.0 Å². The summed E-state index contributed by atoms with van der Waals surface area (Å²) in [5.74, 6) is 0.539. The van der Waals surface area contributed by atoms with Crippen molar-refractivity contribution in [1.82, 2.24) is 5.32 Å². The molecule has 0 aliphatic rings. The molecule has 0 heterocycles. The summed E-state index contributed by atoms with van der Waals surface area (Å²) in [6, 6.07) is 5.18. The van der Waals surface area contributed by atoms with Crippen molar-refractivity contribution < 1.29 is 4.39 Å². The van der Waals surface area contributed by atoms with Crippen molar-refractivity contribution in [3.63, 3.8) is 0 Å². The summed E-state index contributed by atoms with van der Waals surface area (Å²) in [5.41, 5.74) is 2.62. The van der Waals surface area contributed by atoms with Gasteiger partial charge in [-0.25, -0.2) is 4.39 Å². The smallest absolute Gasteiger partial charge is 0.123 e. The van der Waals surface area contributed by atoms with E-state index in [0.29, 0.717) is 5.92 Å². The van der Waals surface area contributed by atoms with Crippen LogP contribution in [0.15, 0.2) is 18.2 Å². The molecule has 0 radical (unpaired) electrons. The molecule has 0 spiro atoms. The van der Waals surface area contributed by atoms with Gasteiger partial charge in [0.15, 0.2) is 0 Å². The van der Waals surface area contributed by atoms with Crippen LogP contribution < -0.4 is 5.32 Å². The second-order valence-corrected chi connectivity index (χ2v) is 6.48. The van der Waals surface area contributed by atoms with Gasteiger partial charge in [0.25, 0.3) is 0 Å². The highest BCUT2D eigenvalue weighted by molar-refractivity contribution is 5.27. The van der Waals surface area contributed by atoms with Gasteiger partial charge in [-0.15, -0.1) is 0 Å². The fourth-order valence-corrected chi connectivity index (χ4v) is 2.70. The van der Waals surface area contributed by atoms with Gasteiger partial charge >= 0.3 is 0 Å². The predicted molar refractivity (Wildman–Crippen MR) is 85.6 cm³/mol. The number of nitrogens with one attached hydrogen (secondary N) is 1. The lowest BCUT2D eigenvalue weighted by Crippen LogP contribution is -2.37. The highest BCUT2D eigenvalue weighted by Crippen LogP contribution is 2.31. The Labute approximate surface area is 124 Å². The van der Waals surface area contributed by atoms with Crippen LogP contribution in [-0.2, 0) is 6.42 Å². The van der Waals surface area contributed by atoms with E-state index < -0.39 is 0 Å². The average Bonchev–Trinajstić information content (AvgIpc) is 2.40. The van der Waals surface area contributed by atoms with E-state index in [1.807, 2.05) is 13.0 Å². The van der Waals surface area contributed by atoms with Crippen molar-refractivity contribution in [2.75, 3.05) is 13.1 Å². The first kappa shape index (κ1) is 17.2. The number of benzene rings is 1. The first-order valence-corrected chi connectivity index (χ1v) is 7.88. The fraction of sp³-hybridized carbons (Fsp3) is 0.667. The third kappa shape index (κ3) is 4.90. The van der Waals surface area contributed by atoms with Crippen LogP contribution >= 0.6 is 0 Å². The molecule has 1 aromatic carbocycles. The second kappa shape index (κ2) is 7.78. The monoisotopic (exact) mass is 279 g/mol. The van der Waals surface area contributed by atoms with Crippen molar-refractivity contribution in [2.45, 2.75) is 53.9 Å². The lowest BCUT2D eigenvalue weighted by Gasteiger charge is -2.33. The molecule has 0 atom stereocenters. The molecular formula is C18H30FN. The maximum Gasteiger partial charge on any atom is 0.123 e. The minimum Gasteiger partial charge on any atom is -0.316 e. The van der Waals surface area contributed by atoms with Crippen molar-refractivity contribution in [3.05, 3.63) is 35.1 Å². The van der Waals surface area contributed by atoms with Gasteiger partial charge in [-0.2, -0.15) is 0 Å². The third-order valence-electron chi connectivity index (χ3n) is 4.42. The van der Waals surface area contributed by atoms with Crippen molar-refractivity contribution in [3.8, 4) is 0 Å². The molecule has 2 heteroatoms. The molecule has 1 nitrogen and oxygen atoms in total. The molecule has 0 aliphatic heterocycles. The van der Waals surface area contributed by atoms with Crippen LogP contribution in [0.4, 0.5) is 4.39 Å². The summed E-state index contributed by atoms with van der Waals surface area (Å²) in [6.07, 6.45) is 3.31. The largest absolute Gasteiger partial charge is 0.316 e. The van der Waals surface area contributed by atoms with Crippen LogP contribution in [-0.4, -0.2) is 13.1 Å². The first-order chi connectivity index (χ1) is 9.42.